The fourth-order valence-electron chi connectivity index (χ4n) is 2.57. The molecule has 2 rings (SSSR count). The number of nitrogens with zero attached hydrogens (tertiary/aromatic N) is 1. The molecule has 1 fully saturated rings. The Morgan fingerprint density at radius 3 is 2.68 bits per heavy atom. The summed E-state index contributed by atoms with van der Waals surface area (Å²) >= 11 is 0. The molecule has 0 saturated carbocycles. The zero-order chi connectivity index (χ0) is 15.9. The quantitative estimate of drug-likeness (QED) is 0.773. The summed E-state index contributed by atoms with van der Waals surface area (Å²) < 4.78 is 5.11. The molecular formula is C16H23N3O3. The maximum atomic E-state index is 12.0. The second kappa shape index (κ2) is 7.68. The van der Waals surface area contributed by atoms with E-state index in [-0.39, 0.29) is 17.9 Å². The van der Waals surface area contributed by atoms with Gasteiger partial charge in [0.1, 0.15) is 5.75 Å². The van der Waals surface area contributed by atoms with Crippen molar-refractivity contribution >= 4 is 11.9 Å². The largest absolute Gasteiger partial charge is 0.497 e. The van der Waals surface area contributed by atoms with Crippen LogP contribution in [0.25, 0.3) is 0 Å². The number of likely N-dealkylation sites (tertiary alicyclic amines) is 1. The molecule has 1 aromatic rings. The van der Waals surface area contributed by atoms with Crippen LogP contribution in [0.2, 0.25) is 0 Å². The summed E-state index contributed by atoms with van der Waals surface area (Å²) in [7, 11) is 1.64. The van der Waals surface area contributed by atoms with Crippen LogP contribution < -0.4 is 15.8 Å². The van der Waals surface area contributed by atoms with Crippen molar-refractivity contribution in [3.63, 3.8) is 0 Å². The zero-order valence-corrected chi connectivity index (χ0v) is 12.9. The number of carbonyl (C=O) groups is 2. The highest BCUT2D eigenvalue weighted by Crippen LogP contribution is 2.15. The van der Waals surface area contributed by atoms with Crippen LogP contribution in [0.1, 0.15) is 18.4 Å². The number of hydrogen-bond donors (Lipinski definition) is 2. The topological polar surface area (TPSA) is 84.7 Å². The van der Waals surface area contributed by atoms with Crippen LogP contribution in [-0.4, -0.2) is 43.6 Å². The summed E-state index contributed by atoms with van der Waals surface area (Å²) in [5.41, 5.74) is 6.47. The van der Waals surface area contributed by atoms with Crippen molar-refractivity contribution in [3.8, 4) is 5.75 Å². The van der Waals surface area contributed by atoms with Crippen molar-refractivity contribution in [2.24, 2.45) is 11.7 Å². The van der Waals surface area contributed by atoms with Gasteiger partial charge in [0.2, 0.25) is 5.91 Å². The van der Waals surface area contributed by atoms with Gasteiger partial charge in [-0.25, -0.2) is 4.79 Å². The lowest BCUT2D eigenvalue weighted by Crippen LogP contribution is -2.39. The molecule has 3 amide bonds. The molecule has 1 heterocycles. The monoisotopic (exact) mass is 305 g/mol. The van der Waals surface area contributed by atoms with Gasteiger partial charge in [-0.3, -0.25) is 4.79 Å². The summed E-state index contributed by atoms with van der Waals surface area (Å²) in [6, 6.07) is 7.81. The first kappa shape index (κ1) is 16.1. The highest BCUT2D eigenvalue weighted by molar-refractivity contribution is 5.80. The molecule has 22 heavy (non-hydrogen) atoms. The molecule has 0 bridgehead atoms. The predicted molar refractivity (Wildman–Crippen MR) is 83.6 cm³/mol. The fraction of sp³-hybridized carbons (Fsp3) is 0.500. The minimum absolute atomic E-state index is 0.113. The summed E-state index contributed by atoms with van der Waals surface area (Å²) in [4.78, 5) is 24.7. The van der Waals surface area contributed by atoms with Gasteiger partial charge in [0.05, 0.1) is 13.0 Å². The third-order valence-corrected chi connectivity index (χ3v) is 3.96. The van der Waals surface area contributed by atoms with E-state index in [1.165, 1.54) is 5.56 Å². The number of nitrogens with two attached hydrogens (primary N) is 1. The lowest BCUT2D eigenvalue weighted by molar-refractivity contribution is -0.121. The van der Waals surface area contributed by atoms with Crippen molar-refractivity contribution in [1.29, 1.82) is 0 Å². The third kappa shape index (κ3) is 4.38. The number of rotatable bonds is 6. The van der Waals surface area contributed by atoms with Gasteiger partial charge in [-0.2, -0.15) is 0 Å². The highest BCUT2D eigenvalue weighted by atomic mass is 16.5. The van der Waals surface area contributed by atoms with E-state index in [1.807, 2.05) is 24.3 Å². The molecule has 1 saturated heterocycles. The number of hydrogen-bond acceptors (Lipinski definition) is 3. The normalized spacial score (nSPS) is 17.3. The molecule has 0 aromatic heterocycles. The molecule has 6 heteroatoms. The SMILES string of the molecule is COc1ccc(CCCNC(=O)N2CC[C@@H](C(N)=O)C2)cc1. The molecule has 0 spiro atoms. The van der Waals surface area contributed by atoms with E-state index in [4.69, 9.17) is 10.5 Å². The fourth-order valence-corrected chi connectivity index (χ4v) is 2.57. The van der Waals surface area contributed by atoms with Gasteiger partial charge in [0.15, 0.2) is 0 Å². The minimum atomic E-state index is -0.324. The van der Waals surface area contributed by atoms with Crippen LogP contribution in [0.15, 0.2) is 24.3 Å². The van der Waals surface area contributed by atoms with Gasteiger partial charge < -0.3 is 20.7 Å². The number of carbonyl (C=O) groups excluding carboxylic acids is 2. The molecule has 6 nitrogen and oxygen atoms in total. The number of ether oxygens (including phenoxy) is 1. The summed E-state index contributed by atoms with van der Waals surface area (Å²) in [5.74, 6) is 0.315. The second-order valence-corrected chi connectivity index (χ2v) is 5.52. The van der Waals surface area contributed by atoms with Crippen molar-refractivity contribution in [1.82, 2.24) is 10.2 Å². The highest BCUT2D eigenvalue weighted by Gasteiger charge is 2.29. The third-order valence-electron chi connectivity index (χ3n) is 3.96. The van der Waals surface area contributed by atoms with E-state index in [2.05, 4.69) is 5.32 Å². The maximum absolute atomic E-state index is 12.0. The van der Waals surface area contributed by atoms with E-state index in [0.717, 1.165) is 18.6 Å². The van der Waals surface area contributed by atoms with Gasteiger partial charge in [0, 0.05) is 19.6 Å². The molecule has 120 valence electrons. The molecule has 0 unspecified atom stereocenters. The Labute approximate surface area is 130 Å². The van der Waals surface area contributed by atoms with Gasteiger partial charge in [-0.15, -0.1) is 0 Å². The Bertz CT molecular complexity index is 516. The number of primary amides is 1. The van der Waals surface area contributed by atoms with E-state index in [0.29, 0.717) is 26.1 Å². The summed E-state index contributed by atoms with van der Waals surface area (Å²) in [6.45, 7) is 1.64. The number of amides is 3. The smallest absolute Gasteiger partial charge is 0.317 e. The molecule has 1 aromatic carbocycles. The molecule has 1 aliphatic rings. The van der Waals surface area contributed by atoms with Crippen LogP contribution in [-0.2, 0) is 11.2 Å². The van der Waals surface area contributed by atoms with Gasteiger partial charge >= 0.3 is 6.03 Å². The Hall–Kier alpha value is -2.24. The Morgan fingerprint density at radius 1 is 1.36 bits per heavy atom. The van der Waals surface area contributed by atoms with E-state index >= 15 is 0 Å². The molecule has 1 atom stereocenters. The first-order valence-electron chi connectivity index (χ1n) is 7.55. The number of urea groups is 1. The van der Waals surface area contributed by atoms with Gasteiger partial charge in [-0.05, 0) is 37.0 Å². The summed E-state index contributed by atoms with van der Waals surface area (Å²) in [6.07, 6.45) is 2.42. The van der Waals surface area contributed by atoms with Crippen LogP contribution in [0.3, 0.4) is 0 Å². The van der Waals surface area contributed by atoms with Crippen molar-refractivity contribution in [3.05, 3.63) is 29.8 Å². The molecule has 0 aliphatic carbocycles. The molecule has 1 aliphatic heterocycles. The average molecular weight is 305 g/mol. The maximum Gasteiger partial charge on any atom is 0.317 e. The van der Waals surface area contributed by atoms with E-state index in [9.17, 15) is 9.59 Å². The Morgan fingerprint density at radius 2 is 2.09 bits per heavy atom. The lowest BCUT2D eigenvalue weighted by atomic mass is 10.1. The van der Waals surface area contributed by atoms with Crippen LogP contribution >= 0.6 is 0 Å². The predicted octanol–water partition coefficient (Wildman–Crippen LogP) is 1.14. The van der Waals surface area contributed by atoms with E-state index < -0.39 is 0 Å². The molecule has 0 radical (unpaired) electrons. The van der Waals surface area contributed by atoms with Crippen molar-refractivity contribution in [2.45, 2.75) is 19.3 Å². The van der Waals surface area contributed by atoms with Crippen LogP contribution in [0, 0.1) is 5.92 Å². The first-order valence-corrected chi connectivity index (χ1v) is 7.55. The van der Waals surface area contributed by atoms with Crippen LogP contribution in [0.5, 0.6) is 5.75 Å². The first-order chi connectivity index (χ1) is 10.6. The lowest BCUT2D eigenvalue weighted by Gasteiger charge is -2.16. The van der Waals surface area contributed by atoms with E-state index in [1.54, 1.807) is 12.0 Å². The van der Waals surface area contributed by atoms with Gasteiger partial charge in [0.25, 0.3) is 0 Å². The Balaban J connectivity index is 1.66. The zero-order valence-electron chi connectivity index (χ0n) is 12.9. The number of benzene rings is 1. The van der Waals surface area contributed by atoms with Crippen molar-refractivity contribution in [2.75, 3.05) is 26.7 Å². The van der Waals surface area contributed by atoms with Gasteiger partial charge in [-0.1, -0.05) is 12.1 Å². The van der Waals surface area contributed by atoms with Crippen LogP contribution in [0.4, 0.5) is 4.79 Å². The molecular weight excluding hydrogens is 282 g/mol. The molecule has 3 N–H and O–H groups in total. The number of methoxy groups -OCH3 is 1. The summed E-state index contributed by atoms with van der Waals surface area (Å²) in [5, 5.41) is 2.89. The second-order valence-electron chi connectivity index (χ2n) is 5.52. The number of aryl methyl sites for hydroxylation is 1. The van der Waals surface area contributed by atoms with Crippen molar-refractivity contribution < 1.29 is 14.3 Å². The standard InChI is InChI=1S/C16H23N3O3/c1-22-14-6-4-12(5-7-14)3-2-9-18-16(21)19-10-8-13(11-19)15(17)20/h4-7,13H,2-3,8-11H2,1H3,(H2,17,20)(H,18,21)/t13-/m1/s1. The number of nitrogens with one attached hydrogen (secondary N) is 1. The Kier molecular flexibility index (Phi) is 5.63. The minimum Gasteiger partial charge on any atom is -0.497 e. The average Bonchev–Trinajstić information content (AvgIpc) is 3.02.